The maximum Gasteiger partial charge on any atom is 0.135 e. The second-order valence-electron chi connectivity index (χ2n) is 5.96. The largest absolute Gasteiger partial charge is 0.359 e. The first kappa shape index (κ1) is 16.0. The third-order valence-corrected chi connectivity index (χ3v) is 5.21. The second-order valence-corrected chi connectivity index (χ2v) is 9.18. The first-order valence-electron chi connectivity index (χ1n) is 7.63. The van der Waals surface area contributed by atoms with Gasteiger partial charge in [-0.25, -0.2) is 9.97 Å². The second kappa shape index (κ2) is 6.69. The number of rotatable bonds is 5. The lowest BCUT2D eigenvalue weighted by Crippen LogP contribution is -2.18. The molecule has 23 heavy (non-hydrogen) atoms. The molecule has 1 aromatic heterocycles. The maximum absolute atomic E-state index is 12.0. The lowest BCUT2D eigenvalue weighted by molar-refractivity contribution is 0.131. The van der Waals surface area contributed by atoms with Crippen LogP contribution in [0.1, 0.15) is 12.8 Å². The zero-order chi connectivity index (χ0) is 16.3. The van der Waals surface area contributed by atoms with Crippen molar-refractivity contribution in [1.29, 1.82) is 0 Å². The molecule has 0 bridgehead atoms. The first-order valence-corrected chi connectivity index (χ1v) is 10.2. The Morgan fingerprint density at radius 3 is 2.57 bits per heavy atom. The summed E-state index contributed by atoms with van der Waals surface area (Å²) in [5, 5.41) is 7.34. The number of hydrogen-bond acceptors (Lipinski definition) is 6. The molecular formula is C16H21N4O2P. The van der Waals surface area contributed by atoms with Gasteiger partial charge in [-0.2, -0.15) is 0 Å². The van der Waals surface area contributed by atoms with E-state index in [1.807, 2.05) is 30.3 Å². The van der Waals surface area contributed by atoms with Crippen LogP contribution >= 0.6 is 7.14 Å². The van der Waals surface area contributed by atoms with Gasteiger partial charge in [0.05, 0.1) is 0 Å². The zero-order valence-electron chi connectivity index (χ0n) is 13.3. The van der Waals surface area contributed by atoms with Crippen molar-refractivity contribution >= 4 is 29.8 Å². The third kappa shape index (κ3) is 4.30. The van der Waals surface area contributed by atoms with Crippen molar-refractivity contribution in [1.82, 2.24) is 9.97 Å². The molecule has 6 nitrogen and oxygen atoms in total. The average Bonchev–Trinajstić information content (AvgIpc) is 3.00. The summed E-state index contributed by atoms with van der Waals surface area (Å²) in [7, 11) is -2.22. The van der Waals surface area contributed by atoms with Gasteiger partial charge in [0.1, 0.15) is 31.3 Å². The Morgan fingerprint density at radius 1 is 1.17 bits per heavy atom. The van der Waals surface area contributed by atoms with Crippen molar-refractivity contribution < 1.29 is 9.30 Å². The van der Waals surface area contributed by atoms with Gasteiger partial charge in [0.15, 0.2) is 0 Å². The van der Waals surface area contributed by atoms with Gasteiger partial charge >= 0.3 is 0 Å². The molecule has 1 unspecified atom stereocenters. The topological polar surface area (TPSA) is 76.1 Å². The minimum Gasteiger partial charge on any atom is -0.359 e. The summed E-state index contributed by atoms with van der Waals surface area (Å²) in [6.07, 6.45) is 3.60. The predicted octanol–water partition coefficient (Wildman–Crippen LogP) is 3.02. The Hall–Kier alpha value is -1.91. The van der Waals surface area contributed by atoms with Crippen LogP contribution in [-0.2, 0) is 9.30 Å². The summed E-state index contributed by atoms with van der Waals surface area (Å²) < 4.78 is 17.6. The Bertz CT molecular complexity index is 708. The molecule has 0 amide bonds. The Kier molecular flexibility index (Phi) is 4.64. The zero-order valence-corrected chi connectivity index (χ0v) is 14.2. The number of nitrogens with one attached hydrogen (secondary N) is 2. The Morgan fingerprint density at radius 2 is 1.91 bits per heavy atom. The van der Waals surface area contributed by atoms with E-state index >= 15 is 0 Å². The van der Waals surface area contributed by atoms with Crippen molar-refractivity contribution in [2.75, 3.05) is 30.6 Å². The van der Waals surface area contributed by atoms with E-state index < -0.39 is 7.14 Å². The molecule has 1 atom stereocenters. The fourth-order valence-electron chi connectivity index (χ4n) is 2.41. The number of benzene rings is 1. The lowest BCUT2D eigenvalue weighted by Gasteiger charge is -2.13. The van der Waals surface area contributed by atoms with Gasteiger partial charge in [-0.1, -0.05) is 0 Å². The SMILES string of the molecule is CP(C)(=O)c1ccc(Nc2cc(NC3CCCO3)ncn2)cc1. The molecule has 0 radical (unpaired) electrons. The number of ether oxygens (including phenoxy) is 1. The van der Waals surface area contributed by atoms with Crippen LogP contribution in [0.2, 0.25) is 0 Å². The molecule has 0 saturated carbocycles. The van der Waals surface area contributed by atoms with Crippen LogP contribution in [0.25, 0.3) is 0 Å². The van der Waals surface area contributed by atoms with Crippen LogP contribution in [-0.4, -0.2) is 36.1 Å². The average molecular weight is 332 g/mol. The minimum absolute atomic E-state index is 0.0280. The maximum atomic E-state index is 12.0. The van der Waals surface area contributed by atoms with Crippen molar-refractivity contribution in [2.24, 2.45) is 0 Å². The highest BCUT2D eigenvalue weighted by Crippen LogP contribution is 2.34. The highest BCUT2D eigenvalue weighted by atomic mass is 31.2. The first-order chi connectivity index (χ1) is 11.0. The van der Waals surface area contributed by atoms with Crippen LogP contribution in [0.15, 0.2) is 36.7 Å². The predicted molar refractivity (Wildman–Crippen MR) is 93.4 cm³/mol. The van der Waals surface area contributed by atoms with Crippen LogP contribution in [0.5, 0.6) is 0 Å². The van der Waals surface area contributed by atoms with Crippen molar-refractivity contribution in [2.45, 2.75) is 19.1 Å². The fraction of sp³-hybridized carbons (Fsp3) is 0.375. The number of nitrogens with zero attached hydrogens (tertiary/aromatic N) is 2. The van der Waals surface area contributed by atoms with E-state index in [4.69, 9.17) is 4.74 Å². The van der Waals surface area contributed by atoms with E-state index in [1.165, 1.54) is 6.33 Å². The molecule has 1 fully saturated rings. The molecule has 0 aliphatic carbocycles. The standard InChI is InChI=1S/C16H21N4O2P/c1-23(2,21)13-7-5-12(6-8-13)19-14-10-15(18-11-17-14)20-16-4-3-9-22-16/h5-8,10-11,16H,3-4,9H2,1-2H3,(H2,17,18,19,20). The summed E-state index contributed by atoms with van der Waals surface area (Å²) in [4.78, 5) is 8.43. The monoisotopic (exact) mass is 332 g/mol. The van der Waals surface area contributed by atoms with Gasteiger partial charge in [0.25, 0.3) is 0 Å². The molecule has 1 aliphatic heterocycles. The highest BCUT2D eigenvalue weighted by Gasteiger charge is 2.15. The van der Waals surface area contributed by atoms with Crippen LogP contribution in [0.3, 0.4) is 0 Å². The molecular weight excluding hydrogens is 311 g/mol. The van der Waals surface area contributed by atoms with E-state index in [1.54, 1.807) is 13.3 Å². The number of aromatic nitrogens is 2. The third-order valence-electron chi connectivity index (χ3n) is 3.67. The molecule has 3 rings (SSSR count). The van der Waals surface area contributed by atoms with E-state index in [2.05, 4.69) is 20.6 Å². The molecule has 1 aliphatic rings. The van der Waals surface area contributed by atoms with E-state index in [0.717, 1.165) is 36.3 Å². The molecule has 1 aromatic carbocycles. The molecule has 2 N–H and O–H groups in total. The summed E-state index contributed by atoms with van der Waals surface area (Å²) in [6.45, 7) is 4.32. The quantitative estimate of drug-likeness (QED) is 0.820. The lowest BCUT2D eigenvalue weighted by atomic mass is 10.3. The van der Waals surface area contributed by atoms with E-state index in [9.17, 15) is 4.57 Å². The molecule has 7 heteroatoms. The Labute approximate surface area is 136 Å². The molecule has 122 valence electrons. The van der Waals surface area contributed by atoms with Crippen molar-refractivity contribution in [3.05, 3.63) is 36.7 Å². The fourth-order valence-corrected chi connectivity index (χ4v) is 3.28. The normalized spacial score (nSPS) is 17.9. The van der Waals surface area contributed by atoms with E-state index in [-0.39, 0.29) is 6.23 Å². The summed E-state index contributed by atoms with van der Waals surface area (Å²) >= 11 is 0. The molecule has 2 aromatic rings. The summed E-state index contributed by atoms with van der Waals surface area (Å²) in [6, 6.07) is 9.43. The van der Waals surface area contributed by atoms with Gasteiger partial charge in [0.2, 0.25) is 0 Å². The van der Waals surface area contributed by atoms with Crippen LogP contribution < -0.4 is 15.9 Å². The molecule has 0 spiro atoms. The van der Waals surface area contributed by atoms with Crippen LogP contribution in [0, 0.1) is 0 Å². The Balaban J connectivity index is 1.68. The molecule has 1 saturated heterocycles. The van der Waals surface area contributed by atoms with Gasteiger partial charge in [0, 0.05) is 23.7 Å². The smallest absolute Gasteiger partial charge is 0.135 e. The summed E-state index contributed by atoms with van der Waals surface area (Å²) in [5.74, 6) is 1.43. The van der Waals surface area contributed by atoms with E-state index in [0.29, 0.717) is 5.82 Å². The van der Waals surface area contributed by atoms with Gasteiger partial charge in [-0.15, -0.1) is 0 Å². The van der Waals surface area contributed by atoms with Crippen molar-refractivity contribution in [3.8, 4) is 0 Å². The van der Waals surface area contributed by atoms with Gasteiger partial charge in [-0.3, -0.25) is 0 Å². The number of anilines is 3. The number of hydrogen-bond donors (Lipinski definition) is 2. The van der Waals surface area contributed by atoms with Gasteiger partial charge < -0.3 is 19.9 Å². The van der Waals surface area contributed by atoms with Crippen molar-refractivity contribution in [3.63, 3.8) is 0 Å². The molecule has 2 heterocycles. The van der Waals surface area contributed by atoms with Gasteiger partial charge in [-0.05, 0) is 50.4 Å². The minimum atomic E-state index is -2.22. The highest BCUT2D eigenvalue weighted by molar-refractivity contribution is 7.70. The van der Waals surface area contributed by atoms with Crippen LogP contribution in [0.4, 0.5) is 17.3 Å². The summed E-state index contributed by atoms with van der Waals surface area (Å²) in [5.41, 5.74) is 0.893.